The first kappa shape index (κ1) is 14.4. The van der Waals surface area contributed by atoms with Crippen LogP contribution in [-0.2, 0) is 0 Å². The van der Waals surface area contributed by atoms with Crippen LogP contribution in [0, 0.1) is 0 Å². The smallest absolute Gasteiger partial charge is 0.00673 e. The van der Waals surface area contributed by atoms with E-state index in [1.54, 1.807) is 0 Å². The van der Waals surface area contributed by atoms with E-state index in [9.17, 15) is 0 Å². The molecule has 0 atom stereocenters. The highest BCUT2D eigenvalue weighted by Crippen LogP contribution is 2.17. The van der Waals surface area contributed by atoms with Crippen molar-refractivity contribution < 1.29 is 0 Å². The Morgan fingerprint density at radius 2 is 1.75 bits per heavy atom. The van der Waals surface area contributed by atoms with Crippen molar-refractivity contribution in [2.75, 3.05) is 18.1 Å². The van der Waals surface area contributed by atoms with Gasteiger partial charge in [0.25, 0.3) is 0 Å². The lowest BCUT2D eigenvalue weighted by Crippen LogP contribution is -2.30. The van der Waals surface area contributed by atoms with E-state index >= 15 is 0 Å². The Hall–Kier alpha value is 0.310. The van der Waals surface area contributed by atoms with E-state index in [0.29, 0.717) is 0 Å². The summed E-state index contributed by atoms with van der Waals surface area (Å²) in [7, 11) is 0. The van der Waals surface area contributed by atoms with E-state index in [2.05, 4.69) is 24.0 Å². The van der Waals surface area contributed by atoms with Gasteiger partial charge in [0.1, 0.15) is 0 Å². The molecule has 2 heteroatoms. The molecule has 1 saturated carbocycles. The maximum Gasteiger partial charge on any atom is 0.00673 e. The van der Waals surface area contributed by atoms with Gasteiger partial charge in [-0.25, -0.2) is 0 Å². The molecule has 0 bridgehead atoms. The van der Waals surface area contributed by atoms with Gasteiger partial charge in [0, 0.05) is 18.3 Å². The predicted molar refractivity (Wildman–Crippen MR) is 76.3 cm³/mol. The third kappa shape index (κ3) is 7.56. The number of hydrogen-bond donors (Lipinski definition) is 1. The number of nitrogens with one attached hydrogen (secondary N) is 1. The minimum atomic E-state index is 0.832. The second-order valence-electron chi connectivity index (χ2n) is 4.96. The molecular weight excluding hydrogens is 214 g/mol. The van der Waals surface area contributed by atoms with Gasteiger partial charge in [0.2, 0.25) is 0 Å². The molecule has 0 aromatic heterocycles. The van der Waals surface area contributed by atoms with Crippen molar-refractivity contribution in [1.29, 1.82) is 0 Å². The molecule has 0 spiro atoms. The number of rotatable bonds is 8. The van der Waals surface area contributed by atoms with Crippen LogP contribution in [0.1, 0.15) is 64.7 Å². The Labute approximate surface area is 106 Å². The molecule has 1 fully saturated rings. The second kappa shape index (κ2) is 10.5. The van der Waals surface area contributed by atoms with Crippen molar-refractivity contribution in [2.45, 2.75) is 70.8 Å². The van der Waals surface area contributed by atoms with E-state index in [4.69, 9.17) is 0 Å². The first-order valence-electron chi connectivity index (χ1n) is 7.24. The van der Waals surface area contributed by atoms with Gasteiger partial charge in [-0.05, 0) is 25.0 Å². The van der Waals surface area contributed by atoms with Crippen LogP contribution < -0.4 is 5.32 Å². The van der Waals surface area contributed by atoms with Crippen molar-refractivity contribution in [3.05, 3.63) is 0 Å². The fraction of sp³-hybridized carbons (Fsp3) is 1.00. The van der Waals surface area contributed by atoms with Gasteiger partial charge in [-0.2, -0.15) is 11.8 Å². The summed E-state index contributed by atoms with van der Waals surface area (Å²) in [5, 5.41) is 3.73. The molecule has 0 unspecified atom stereocenters. The molecule has 1 rings (SSSR count). The number of thioether (sulfide) groups is 1. The van der Waals surface area contributed by atoms with E-state index in [1.165, 1.54) is 75.8 Å². The molecule has 16 heavy (non-hydrogen) atoms. The molecule has 0 aromatic rings. The molecule has 0 aliphatic heterocycles. The lowest BCUT2D eigenvalue weighted by atomic mass is 10.1. The maximum absolute atomic E-state index is 3.73. The predicted octanol–water partition coefficient (Wildman–Crippen LogP) is 4.22. The summed E-state index contributed by atoms with van der Waals surface area (Å²) in [6, 6.07) is 0.832. The summed E-state index contributed by atoms with van der Waals surface area (Å²) in [6.45, 7) is 3.50. The van der Waals surface area contributed by atoms with E-state index in [0.717, 1.165) is 6.04 Å². The monoisotopic (exact) mass is 243 g/mol. The minimum Gasteiger partial charge on any atom is -0.313 e. The van der Waals surface area contributed by atoms with Gasteiger partial charge in [0.05, 0.1) is 0 Å². The van der Waals surface area contributed by atoms with E-state index < -0.39 is 0 Å². The van der Waals surface area contributed by atoms with Gasteiger partial charge in [0.15, 0.2) is 0 Å². The van der Waals surface area contributed by atoms with Crippen LogP contribution in [-0.4, -0.2) is 24.1 Å². The molecular formula is C14H29NS. The maximum atomic E-state index is 3.73. The fourth-order valence-corrected chi connectivity index (χ4v) is 3.25. The summed E-state index contributed by atoms with van der Waals surface area (Å²) in [4.78, 5) is 0. The van der Waals surface area contributed by atoms with Crippen molar-refractivity contribution >= 4 is 11.8 Å². The molecule has 1 nitrogen and oxygen atoms in total. The Morgan fingerprint density at radius 1 is 1.00 bits per heavy atom. The average molecular weight is 243 g/mol. The zero-order valence-electron chi connectivity index (χ0n) is 11.0. The summed E-state index contributed by atoms with van der Waals surface area (Å²) >= 11 is 2.12. The number of unbranched alkanes of at least 4 members (excludes halogenated alkanes) is 2. The summed E-state index contributed by atoms with van der Waals surface area (Å²) in [5.41, 5.74) is 0. The highest BCUT2D eigenvalue weighted by Gasteiger charge is 2.10. The molecule has 1 aliphatic rings. The van der Waals surface area contributed by atoms with Gasteiger partial charge in [-0.15, -0.1) is 0 Å². The van der Waals surface area contributed by atoms with Crippen LogP contribution in [0.15, 0.2) is 0 Å². The second-order valence-corrected chi connectivity index (χ2v) is 6.19. The SMILES string of the molecule is CCCCCSCCNC1CCCCCC1. The van der Waals surface area contributed by atoms with Gasteiger partial charge in [-0.3, -0.25) is 0 Å². The van der Waals surface area contributed by atoms with Crippen molar-refractivity contribution in [1.82, 2.24) is 5.32 Å². The Bertz CT molecular complexity index is 142. The van der Waals surface area contributed by atoms with Crippen molar-refractivity contribution in [3.63, 3.8) is 0 Å². The van der Waals surface area contributed by atoms with Crippen LogP contribution in [0.2, 0.25) is 0 Å². The minimum absolute atomic E-state index is 0.832. The highest BCUT2D eigenvalue weighted by atomic mass is 32.2. The molecule has 0 aromatic carbocycles. The summed E-state index contributed by atoms with van der Waals surface area (Å²) in [6.07, 6.45) is 12.8. The summed E-state index contributed by atoms with van der Waals surface area (Å²) in [5.74, 6) is 2.67. The van der Waals surface area contributed by atoms with Gasteiger partial charge in [-0.1, -0.05) is 45.4 Å². The third-order valence-electron chi connectivity index (χ3n) is 3.43. The molecule has 1 N–H and O–H groups in total. The standard InChI is InChI=1S/C14H29NS/c1-2-3-8-12-16-13-11-15-14-9-6-4-5-7-10-14/h14-15H,2-13H2,1H3. The van der Waals surface area contributed by atoms with Crippen LogP contribution in [0.4, 0.5) is 0 Å². The van der Waals surface area contributed by atoms with Crippen LogP contribution >= 0.6 is 11.8 Å². The molecule has 0 heterocycles. The van der Waals surface area contributed by atoms with Crippen molar-refractivity contribution in [2.24, 2.45) is 0 Å². The van der Waals surface area contributed by atoms with E-state index in [-0.39, 0.29) is 0 Å². The van der Waals surface area contributed by atoms with E-state index in [1.807, 2.05) is 0 Å². The normalized spacial score (nSPS) is 18.6. The van der Waals surface area contributed by atoms with Crippen LogP contribution in [0.3, 0.4) is 0 Å². The Balaban J connectivity index is 1.86. The average Bonchev–Trinajstić information content (AvgIpc) is 2.56. The third-order valence-corrected chi connectivity index (χ3v) is 4.50. The summed E-state index contributed by atoms with van der Waals surface area (Å²) < 4.78 is 0. The number of hydrogen-bond acceptors (Lipinski definition) is 2. The lowest BCUT2D eigenvalue weighted by molar-refractivity contribution is 0.474. The molecule has 96 valence electrons. The molecule has 0 amide bonds. The molecule has 0 radical (unpaired) electrons. The van der Waals surface area contributed by atoms with Crippen LogP contribution in [0.25, 0.3) is 0 Å². The van der Waals surface area contributed by atoms with Gasteiger partial charge < -0.3 is 5.32 Å². The fourth-order valence-electron chi connectivity index (χ4n) is 2.37. The largest absolute Gasteiger partial charge is 0.313 e. The first-order chi connectivity index (χ1) is 7.93. The zero-order chi connectivity index (χ0) is 11.5. The Morgan fingerprint density at radius 3 is 2.44 bits per heavy atom. The van der Waals surface area contributed by atoms with Crippen LogP contribution in [0.5, 0.6) is 0 Å². The lowest BCUT2D eigenvalue weighted by Gasteiger charge is -2.15. The molecule has 0 saturated heterocycles. The van der Waals surface area contributed by atoms with Crippen molar-refractivity contribution in [3.8, 4) is 0 Å². The Kier molecular flexibility index (Phi) is 9.40. The topological polar surface area (TPSA) is 12.0 Å². The first-order valence-corrected chi connectivity index (χ1v) is 8.40. The van der Waals surface area contributed by atoms with Gasteiger partial charge >= 0.3 is 0 Å². The highest BCUT2D eigenvalue weighted by molar-refractivity contribution is 7.99. The zero-order valence-corrected chi connectivity index (χ0v) is 11.8. The quantitative estimate of drug-likeness (QED) is 0.506. The molecule has 1 aliphatic carbocycles.